The molecule has 3 N–H and O–H groups in total. The number of nitrogens with one attached hydrogen (secondary N) is 1. The summed E-state index contributed by atoms with van der Waals surface area (Å²) in [5, 5.41) is 3.00. The molecule has 0 heterocycles. The van der Waals surface area contributed by atoms with Crippen LogP contribution in [0.25, 0.3) is 0 Å². The van der Waals surface area contributed by atoms with Crippen molar-refractivity contribution in [3.63, 3.8) is 0 Å². The van der Waals surface area contributed by atoms with Crippen LogP contribution in [-0.4, -0.2) is 31.3 Å². The van der Waals surface area contributed by atoms with Gasteiger partial charge in [0.2, 0.25) is 5.91 Å². The van der Waals surface area contributed by atoms with E-state index in [2.05, 4.69) is 5.32 Å². The van der Waals surface area contributed by atoms with Crippen molar-refractivity contribution in [2.24, 2.45) is 5.73 Å². The predicted molar refractivity (Wildman–Crippen MR) is 95.0 cm³/mol. The molecule has 0 aliphatic heterocycles. The van der Waals surface area contributed by atoms with E-state index in [1.54, 1.807) is 0 Å². The molecule has 0 saturated heterocycles. The van der Waals surface area contributed by atoms with Crippen molar-refractivity contribution in [2.45, 2.75) is 58.0 Å². The van der Waals surface area contributed by atoms with Gasteiger partial charge in [0.25, 0.3) is 0 Å². The molecule has 1 amide bonds. The summed E-state index contributed by atoms with van der Waals surface area (Å²) in [6, 6.07) is 6.01. The quantitative estimate of drug-likeness (QED) is 0.717. The third-order valence-electron chi connectivity index (χ3n) is 4.55. The number of ether oxygens (including phenoxy) is 2. The van der Waals surface area contributed by atoms with Crippen LogP contribution in [0.2, 0.25) is 0 Å². The van der Waals surface area contributed by atoms with E-state index in [0.717, 1.165) is 42.6 Å². The summed E-state index contributed by atoms with van der Waals surface area (Å²) in [6.45, 7) is 6.15. The van der Waals surface area contributed by atoms with E-state index >= 15 is 0 Å². The molecule has 0 bridgehead atoms. The van der Waals surface area contributed by atoms with E-state index in [9.17, 15) is 4.79 Å². The molecule has 1 fully saturated rings. The van der Waals surface area contributed by atoms with Gasteiger partial charge in [-0.3, -0.25) is 4.79 Å². The Bertz CT molecular complexity index is 539. The Morgan fingerprint density at radius 3 is 2.71 bits per heavy atom. The second-order valence-corrected chi connectivity index (χ2v) is 6.56. The van der Waals surface area contributed by atoms with Gasteiger partial charge in [-0.2, -0.15) is 0 Å². The minimum Gasteiger partial charge on any atom is -0.491 e. The van der Waals surface area contributed by atoms with Gasteiger partial charge in [-0.1, -0.05) is 31.4 Å². The number of hydrogen-bond acceptors (Lipinski definition) is 4. The first-order chi connectivity index (χ1) is 11.5. The monoisotopic (exact) mass is 334 g/mol. The van der Waals surface area contributed by atoms with Gasteiger partial charge in [0.05, 0.1) is 12.1 Å². The van der Waals surface area contributed by atoms with Crippen molar-refractivity contribution in [1.29, 1.82) is 0 Å². The summed E-state index contributed by atoms with van der Waals surface area (Å²) in [5.41, 5.74) is 7.66. The Labute approximate surface area is 144 Å². The third kappa shape index (κ3) is 5.21. The largest absolute Gasteiger partial charge is 0.491 e. The Kier molecular flexibility index (Phi) is 7.06. The molecule has 5 nitrogen and oxygen atoms in total. The fourth-order valence-electron chi connectivity index (χ4n) is 3.06. The van der Waals surface area contributed by atoms with Crippen LogP contribution < -0.4 is 15.8 Å². The zero-order valence-corrected chi connectivity index (χ0v) is 14.9. The SMILES string of the molecule is CCOCCOc1cc(C)ccc1CNC(=O)C1(N)CCCCC1. The lowest BCUT2D eigenvalue weighted by atomic mass is 9.82. The van der Waals surface area contributed by atoms with Gasteiger partial charge in [-0.25, -0.2) is 0 Å². The van der Waals surface area contributed by atoms with Crippen LogP contribution in [-0.2, 0) is 16.1 Å². The number of nitrogens with two attached hydrogens (primary N) is 1. The zero-order chi connectivity index (χ0) is 17.4. The summed E-state index contributed by atoms with van der Waals surface area (Å²) in [5.74, 6) is 0.743. The highest BCUT2D eigenvalue weighted by molar-refractivity contribution is 5.86. The summed E-state index contributed by atoms with van der Waals surface area (Å²) in [7, 11) is 0. The molecule has 0 radical (unpaired) electrons. The molecule has 2 rings (SSSR count). The number of carbonyl (C=O) groups is 1. The maximum atomic E-state index is 12.5. The highest BCUT2D eigenvalue weighted by atomic mass is 16.5. The standard InChI is InChI=1S/C19H30N2O3/c1-3-23-11-12-24-17-13-15(2)7-8-16(17)14-21-18(22)19(20)9-5-4-6-10-19/h7-8,13H,3-6,9-12,14,20H2,1-2H3,(H,21,22). The third-order valence-corrected chi connectivity index (χ3v) is 4.55. The lowest BCUT2D eigenvalue weighted by molar-refractivity contribution is -0.127. The first-order valence-corrected chi connectivity index (χ1v) is 8.92. The maximum Gasteiger partial charge on any atom is 0.240 e. The minimum absolute atomic E-state index is 0.0527. The number of amides is 1. The fourth-order valence-corrected chi connectivity index (χ4v) is 3.06. The van der Waals surface area contributed by atoms with Crippen LogP contribution in [0.3, 0.4) is 0 Å². The number of carbonyl (C=O) groups excluding carboxylic acids is 1. The summed E-state index contributed by atoms with van der Waals surface area (Å²) in [4.78, 5) is 12.5. The van der Waals surface area contributed by atoms with E-state index in [-0.39, 0.29) is 5.91 Å². The van der Waals surface area contributed by atoms with Gasteiger partial charge in [-0.15, -0.1) is 0 Å². The Hall–Kier alpha value is -1.59. The van der Waals surface area contributed by atoms with Gasteiger partial charge < -0.3 is 20.5 Å². The average Bonchev–Trinajstić information content (AvgIpc) is 2.58. The minimum atomic E-state index is -0.709. The lowest BCUT2D eigenvalue weighted by Gasteiger charge is -2.31. The molecular formula is C19H30N2O3. The molecule has 0 spiro atoms. The smallest absolute Gasteiger partial charge is 0.240 e. The Balaban J connectivity index is 1.94. The first kappa shape index (κ1) is 18.7. The molecule has 1 saturated carbocycles. The summed E-state index contributed by atoms with van der Waals surface area (Å²) in [6.07, 6.45) is 4.76. The van der Waals surface area contributed by atoms with E-state index < -0.39 is 5.54 Å². The molecule has 1 aromatic rings. The normalized spacial score (nSPS) is 16.6. The first-order valence-electron chi connectivity index (χ1n) is 8.92. The Morgan fingerprint density at radius 2 is 2.00 bits per heavy atom. The number of hydrogen-bond donors (Lipinski definition) is 2. The molecule has 1 aliphatic rings. The van der Waals surface area contributed by atoms with E-state index in [0.29, 0.717) is 26.4 Å². The molecule has 134 valence electrons. The zero-order valence-electron chi connectivity index (χ0n) is 14.9. The highest BCUT2D eigenvalue weighted by Crippen LogP contribution is 2.26. The van der Waals surface area contributed by atoms with Gasteiger partial charge >= 0.3 is 0 Å². The van der Waals surface area contributed by atoms with Crippen molar-refractivity contribution in [3.8, 4) is 5.75 Å². The topological polar surface area (TPSA) is 73.6 Å². The van der Waals surface area contributed by atoms with Gasteiger partial charge in [-0.05, 0) is 38.3 Å². The van der Waals surface area contributed by atoms with Crippen LogP contribution in [0.15, 0.2) is 18.2 Å². The van der Waals surface area contributed by atoms with Crippen LogP contribution >= 0.6 is 0 Å². The second-order valence-electron chi connectivity index (χ2n) is 6.56. The molecule has 5 heteroatoms. The fraction of sp³-hybridized carbons (Fsp3) is 0.632. The van der Waals surface area contributed by atoms with Crippen molar-refractivity contribution >= 4 is 5.91 Å². The number of aryl methyl sites for hydroxylation is 1. The molecule has 1 aromatic carbocycles. The van der Waals surface area contributed by atoms with Crippen LogP contribution in [0.5, 0.6) is 5.75 Å². The van der Waals surface area contributed by atoms with Crippen LogP contribution in [0.1, 0.15) is 50.2 Å². The van der Waals surface area contributed by atoms with Gasteiger partial charge in [0.15, 0.2) is 0 Å². The molecule has 24 heavy (non-hydrogen) atoms. The molecular weight excluding hydrogens is 304 g/mol. The second kappa shape index (κ2) is 9.04. The van der Waals surface area contributed by atoms with Crippen molar-refractivity contribution in [2.75, 3.05) is 19.8 Å². The maximum absolute atomic E-state index is 12.5. The highest BCUT2D eigenvalue weighted by Gasteiger charge is 2.34. The van der Waals surface area contributed by atoms with Crippen LogP contribution in [0.4, 0.5) is 0 Å². The van der Waals surface area contributed by atoms with E-state index in [1.807, 2.05) is 32.0 Å². The number of benzene rings is 1. The summed E-state index contributed by atoms with van der Waals surface area (Å²) >= 11 is 0. The average molecular weight is 334 g/mol. The lowest BCUT2D eigenvalue weighted by Crippen LogP contribution is -2.54. The van der Waals surface area contributed by atoms with Gasteiger partial charge in [0, 0.05) is 18.7 Å². The summed E-state index contributed by atoms with van der Waals surface area (Å²) < 4.78 is 11.1. The van der Waals surface area contributed by atoms with Crippen molar-refractivity contribution in [1.82, 2.24) is 5.32 Å². The predicted octanol–water partition coefficient (Wildman–Crippen LogP) is 2.69. The molecule has 1 aliphatic carbocycles. The van der Waals surface area contributed by atoms with Crippen molar-refractivity contribution < 1.29 is 14.3 Å². The molecule has 0 aromatic heterocycles. The molecule has 0 atom stereocenters. The Morgan fingerprint density at radius 1 is 1.25 bits per heavy atom. The van der Waals surface area contributed by atoms with E-state index in [4.69, 9.17) is 15.2 Å². The van der Waals surface area contributed by atoms with E-state index in [1.165, 1.54) is 6.42 Å². The van der Waals surface area contributed by atoms with Crippen molar-refractivity contribution in [3.05, 3.63) is 29.3 Å². The van der Waals surface area contributed by atoms with Gasteiger partial charge in [0.1, 0.15) is 12.4 Å². The molecule has 0 unspecified atom stereocenters. The number of rotatable bonds is 8. The van der Waals surface area contributed by atoms with Crippen LogP contribution in [0, 0.1) is 6.92 Å².